The van der Waals surface area contributed by atoms with Crippen molar-refractivity contribution in [3.63, 3.8) is 0 Å². The Labute approximate surface area is 144 Å². The second-order valence-electron chi connectivity index (χ2n) is 6.51. The predicted octanol–water partition coefficient (Wildman–Crippen LogP) is 1.33. The highest BCUT2D eigenvalue weighted by molar-refractivity contribution is 7.93. The zero-order chi connectivity index (χ0) is 17.8. The second kappa shape index (κ2) is 5.19. The molecular formula is C17H16N2O5S. The Morgan fingerprint density at radius 1 is 1.16 bits per heavy atom. The van der Waals surface area contributed by atoms with Gasteiger partial charge < -0.3 is 10.4 Å². The predicted molar refractivity (Wildman–Crippen MR) is 90.8 cm³/mol. The van der Waals surface area contributed by atoms with Crippen molar-refractivity contribution < 1.29 is 23.1 Å². The van der Waals surface area contributed by atoms with E-state index in [1.807, 2.05) is 12.1 Å². The van der Waals surface area contributed by atoms with Crippen LogP contribution in [0.4, 0.5) is 5.69 Å². The summed E-state index contributed by atoms with van der Waals surface area (Å²) in [5, 5.41) is 13.1. The molecule has 0 atom stereocenters. The van der Waals surface area contributed by atoms with E-state index in [2.05, 4.69) is 5.32 Å². The number of carboxylic acid groups (broad SMARTS) is 1. The molecule has 1 heterocycles. The summed E-state index contributed by atoms with van der Waals surface area (Å²) in [5.41, 5.74) is -0.412. The van der Waals surface area contributed by atoms with Crippen LogP contribution in [0, 0.1) is 5.41 Å². The molecule has 8 heteroatoms. The maximum Gasteiger partial charge on any atom is 0.311 e. The van der Waals surface area contributed by atoms with E-state index in [0.717, 1.165) is 9.69 Å². The molecule has 2 aliphatic rings. The van der Waals surface area contributed by atoms with Gasteiger partial charge >= 0.3 is 5.97 Å². The number of carbonyl (C=O) groups is 2. The Morgan fingerprint density at radius 2 is 1.84 bits per heavy atom. The molecule has 4 rings (SSSR count). The van der Waals surface area contributed by atoms with Crippen LogP contribution in [-0.4, -0.2) is 38.5 Å². The van der Waals surface area contributed by atoms with Crippen LogP contribution in [0.3, 0.4) is 0 Å². The number of carboxylic acids is 1. The zero-order valence-electron chi connectivity index (χ0n) is 13.2. The third-order valence-corrected chi connectivity index (χ3v) is 6.70. The van der Waals surface area contributed by atoms with Gasteiger partial charge in [-0.05, 0) is 30.4 Å². The van der Waals surface area contributed by atoms with E-state index in [9.17, 15) is 18.0 Å². The molecule has 0 bridgehead atoms. The SMILES string of the molecule is O=C(CN1c2cccc3cccc(c23)S1(=O)=O)NCC1(C(=O)O)CC1. The van der Waals surface area contributed by atoms with Crippen LogP contribution in [0.15, 0.2) is 41.3 Å². The van der Waals surface area contributed by atoms with Gasteiger partial charge in [0.05, 0.1) is 16.0 Å². The fourth-order valence-electron chi connectivity index (χ4n) is 3.20. The van der Waals surface area contributed by atoms with Crippen molar-refractivity contribution in [2.45, 2.75) is 17.7 Å². The monoisotopic (exact) mass is 360 g/mol. The van der Waals surface area contributed by atoms with E-state index in [4.69, 9.17) is 5.11 Å². The molecule has 1 amide bonds. The summed E-state index contributed by atoms with van der Waals surface area (Å²) in [6, 6.07) is 10.3. The van der Waals surface area contributed by atoms with Crippen LogP contribution in [-0.2, 0) is 19.6 Å². The molecule has 0 saturated heterocycles. The molecule has 2 N–H and O–H groups in total. The summed E-state index contributed by atoms with van der Waals surface area (Å²) in [5.74, 6) is -1.44. The van der Waals surface area contributed by atoms with E-state index >= 15 is 0 Å². The van der Waals surface area contributed by atoms with Gasteiger partial charge in [-0.25, -0.2) is 8.42 Å². The number of sulfonamides is 1. The molecule has 0 aromatic heterocycles. The molecule has 0 unspecified atom stereocenters. The van der Waals surface area contributed by atoms with Crippen LogP contribution in [0.25, 0.3) is 10.8 Å². The number of carbonyl (C=O) groups excluding carboxylic acids is 1. The lowest BCUT2D eigenvalue weighted by molar-refractivity contribution is -0.143. The standard InChI is InChI=1S/C17H16N2O5S/c20-14(18-10-17(7-8-17)16(21)22)9-19-12-5-1-3-11-4-2-6-13(15(11)12)25(19,23)24/h1-6H,7-10H2,(H,18,20)(H,21,22). The first-order chi connectivity index (χ1) is 11.8. The second-order valence-corrected chi connectivity index (χ2v) is 8.34. The minimum Gasteiger partial charge on any atom is -0.481 e. The van der Waals surface area contributed by atoms with Crippen molar-refractivity contribution in [2.75, 3.05) is 17.4 Å². The van der Waals surface area contributed by atoms with Gasteiger partial charge in [0.25, 0.3) is 10.0 Å². The molecule has 1 saturated carbocycles. The van der Waals surface area contributed by atoms with E-state index < -0.39 is 27.3 Å². The molecule has 130 valence electrons. The maximum atomic E-state index is 12.8. The van der Waals surface area contributed by atoms with Crippen molar-refractivity contribution >= 4 is 38.4 Å². The van der Waals surface area contributed by atoms with Crippen LogP contribution < -0.4 is 9.62 Å². The Balaban J connectivity index is 1.58. The van der Waals surface area contributed by atoms with E-state index in [0.29, 0.717) is 23.9 Å². The molecule has 2 aromatic rings. The van der Waals surface area contributed by atoms with Crippen molar-refractivity contribution in [1.29, 1.82) is 0 Å². The third kappa shape index (κ3) is 2.36. The van der Waals surface area contributed by atoms with Crippen LogP contribution >= 0.6 is 0 Å². The van der Waals surface area contributed by atoms with Gasteiger partial charge in [-0.15, -0.1) is 0 Å². The topological polar surface area (TPSA) is 104 Å². The Hall–Kier alpha value is -2.61. The number of hydrogen-bond acceptors (Lipinski definition) is 4. The molecule has 1 aliphatic carbocycles. The van der Waals surface area contributed by atoms with Crippen molar-refractivity contribution in [3.05, 3.63) is 36.4 Å². The maximum absolute atomic E-state index is 12.8. The number of hydrogen-bond donors (Lipinski definition) is 2. The molecule has 1 aliphatic heterocycles. The quantitative estimate of drug-likeness (QED) is 0.837. The Bertz CT molecular complexity index is 1010. The first-order valence-electron chi connectivity index (χ1n) is 7.90. The largest absolute Gasteiger partial charge is 0.481 e. The number of nitrogens with one attached hydrogen (secondary N) is 1. The lowest BCUT2D eigenvalue weighted by Crippen LogP contribution is -2.42. The summed E-state index contributed by atoms with van der Waals surface area (Å²) >= 11 is 0. The lowest BCUT2D eigenvalue weighted by atomic mass is 10.1. The molecule has 1 fully saturated rings. The van der Waals surface area contributed by atoms with E-state index in [-0.39, 0.29) is 18.0 Å². The number of aliphatic carboxylic acids is 1. The number of anilines is 1. The van der Waals surface area contributed by atoms with Gasteiger partial charge in [0.15, 0.2) is 0 Å². The minimum absolute atomic E-state index is 0.0200. The third-order valence-electron chi connectivity index (χ3n) is 4.90. The fraction of sp³-hybridized carbons (Fsp3) is 0.294. The highest BCUT2D eigenvalue weighted by Crippen LogP contribution is 2.45. The van der Waals surface area contributed by atoms with Gasteiger partial charge in [-0.3, -0.25) is 13.9 Å². The molecule has 0 radical (unpaired) electrons. The van der Waals surface area contributed by atoms with Gasteiger partial charge in [-0.1, -0.05) is 24.3 Å². The van der Waals surface area contributed by atoms with Gasteiger partial charge in [0.1, 0.15) is 6.54 Å². The molecule has 2 aromatic carbocycles. The van der Waals surface area contributed by atoms with Crippen LogP contribution in [0.2, 0.25) is 0 Å². The normalized spacial score (nSPS) is 19.0. The van der Waals surface area contributed by atoms with Crippen LogP contribution in [0.5, 0.6) is 0 Å². The summed E-state index contributed by atoms with van der Waals surface area (Å²) in [6.07, 6.45) is 1.05. The van der Waals surface area contributed by atoms with Crippen LogP contribution in [0.1, 0.15) is 12.8 Å². The number of amides is 1. The molecule has 25 heavy (non-hydrogen) atoms. The average molecular weight is 360 g/mol. The minimum atomic E-state index is -3.79. The van der Waals surface area contributed by atoms with E-state index in [1.165, 1.54) is 6.07 Å². The van der Waals surface area contributed by atoms with Crippen molar-refractivity contribution in [3.8, 4) is 0 Å². The molecule has 7 nitrogen and oxygen atoms in total. The highest BCUT2D eigenvalue weighted by Gasteiger charge is 2.50. The van der Waals surface area contributed by atoms with Gasteiger partial charge in [0, 0.05) is 11.9 Å². The molecular weight excluding hydrogens is 344 g/mol. The molecule has 0 spiro atoms. The smallest absolute Gasteiger partial charge is 0.311 e. The number of benzene rings is 2. The number of rotatable bonds is 5. The van der Waals surface area contributed by atoms with Gasteiger partial charge in [-0.2, -0.15) is 0 Å². The first-order valence-corrected chi connectivity index (χ1v) is 9.34. The Morgan fingerprint density at radius 3 is 2.48 bits per heavy atom. The fourth-order valence-corrected chi connectivity index (χ4v) is 4.87. The van der Waals surface area contributed by atoms with Crippen molar-refractivity contribution in [2.24, 2.45) is 5.41 Å². The van der Waals surface area contributed by atoms with Gasteiger partial charge in [0.2, 0.25) is 5.91 Å². The summed E-state index contributed by atoms with van der Waals surface area (Å²) < 4.78 is 26.6. The Kier molecular flexibility index (Phi) is 3.30. The van der Waals surface area contributed by atoms with E-state index in [1.54, 1.807) is 18.2 Å². The number of nitrogens with zero attached hydrogens (tertiary/aromatic N) is 1. The summed E-state index contributed by atoms with van der Waals surface area (Å²) in [6.45, 7) is -0.349. The first kappa shape index (κ1) is 15.9. The summed E-state index contributed by atoms with van der Waals surface area (Å²) in [4.78, 5) is 23.6. The highest BCUT2D eigenvalue weighted by atomic mass is 32.2. The summed E-state index contributed by atoms with van der Waals surface area (Å²) in [7, 11) is -3.79. The van der Waals surface area contributed by atoms with Crippen molar-refractivity contribution in [1.82, 2.24) is 5.32 Å². The average Bonchev–Trinajstić information content (AvgIpc) is 3.34. The zero-order valence-corrected chi connectivity index (χ0v) is 14.0. The lowest BCUT2D eigenvalue weighted by Gasteiger charge is -2.19.